The molecule has 2 heteroatoms. The molecule has 1 N–H and O–H groups in total. The van der Waals surface area contributed by atoms with Crippen LogP contribution in [0.15, 0.2) is 0 Å². The number of aliphatic hydroxyl groups is 1. The first-order valence-electron chi connectivity index (χ1n) is 2.09. The summed E-state index contributed by atoms with van der Waals surface area (Å²) in [6, 6.07) is 0. The van der Waals surface area contributed by atoms with Crippen molar-refractivity contribution in [3.63, 3.8) is 0 Å². The van der Waals surface area contributed by atoms with E-state index >= 15 is 0 Å². The van der Waals surface area contributed by atoms with Gasteiger partial charge < -0.3 is 5.11 Å². The van der Waals surface area contributed by atoms with Gasteiger partial charge in [0.2, 0.25) is 0 Å². The first kappa shape index (κ1) is 6.44. The molecule has 0 aliphatic rings. The lowest BCUT2D eigenvalue weighted by molar-refractivity contribution is 0.258. The molecule has 0 unspecified atom stereocenters. The van der Waals surface area contributed by atoms with Gasteiger partial charge in [-0.05, 0) is 6.42 Å². The van der Waals surface area contributed by atoms with Crippen molar-refractivity contribution >= 4 is 15.9 Å². The van der Waals surface area contributed by atoms with Gasteiger partial charge in [0.05, 0.1) is 0 Å². The number of hydrogen-bond acceptors (Lipinski definition) is 1. The smallest absolute Gasteiger partial charge is 0.109 e. The zero-order valence-corrected chi connectivity index (χ0v) is 5.40. The molecule has 1 nitrogen and oxygen atoms in total. The summed E-state index contributed by atoms with van der Waals surface area (Å²) < 4.78 is 0. The molecule has 1 atom stereocenters. The molecule has 0 fully saturated rings. The van der Waals surface area contributed by atoms with Gasteiger partial charge in [0.15, 0.2) is 0 Å². The van der Waals surface area contributed by atoms with Crippen LogP contribution in [-0.2, 0) is 0 Å². The number of aliphatic hydroxyl groups excluding tert-OH is 1. The van der Waals surface area contributed by atoms with E-state index < -0.39 is 0 Å². The number of halogens is 1. The van der Waals surface area contributed by atoms with E-state index in [2.05, 4.69) is 15.9 Å². The summed E-state index contributed by atoms with van der Waals surface area (Å²) in [7, 11) is 0. The van der Waals surface area contributed by atoms with E-state index in [1.165, 1.54) is 0 Å². The fourth-order valence-electron chi connectivity index (χ4n) is 0.238. The van der Waals surface area contributed by atoms with E-state index in [9.17, 15) is 0 Å². The molecule has 0 heterocycles. The van der Waals surface area contributed by atoms with Crippen LogP contribution in [0.4, 0.5) is 0 Å². The first-order valence-corrected chi connectivity index (χ1v) is 3.01. The molecule has 0 rings (SSSR count). The van der Waals surface area contributed by atoms with Gasteiger partial charge in [-0.2, -0.15) is 0 Å². The van der Waals surface area contributed by atoms with Crippen LogP contribution in [0.3, 0.4) is 0 Å². The summed E-state index contributed by atoms with van der Waals surface area (Å²) in [6.07, 6.45) is 1.88. The van der Waals surface area contributed by atoms with Crippen molar-refractivity contribution in [2.45, 2.75) is 24.8 Å². The van der Waals surface area contributed by atoms with Crippen molar-refractivity contribution in [3.05, 3.63) is 0 Å². The van der Waals surface area contributed by atoms with Gasteiger partial charge in [-0.1, -0.05) is 29.3 Å². The predicted molar refractivity (Wildman–Crippen MR) is 29.8 cm³/mol. The third-order valence-corrected chi connectivity index (χ3v) is 0.985. The fraction of sp³-hybridized carbons (Fsp3) is 1.00. The highest BCUT2D eigenvalue weighted by atomic mass is 79.9. The Morgan fingerprint density at radius 1 is 1.83 bits per heavy atom. The van der Waals surface area contributed by atoms with E-state index in [4.69, 9.17) is 5.11 Å². The monoisotopic (exact) mass is 152 g/mol. The second-order valence-corrected chi connectivity index (χ2v) is 2.28. The minimum absolute atomic E-state index is 0.289. The lowest BCUT2D eigenvalue weighted by atomic mass is 10.4. The van der Waals surface area contributed by atoms with Crippen LogP contribution >= 0.6 is 15.9 Å². The Bertz CT molecular complexity index is 28.7. The summed E-state index contributed by atoms with van der Waals surface area (Å²) in [5, 5.41) is 8.18. The van der Waals surface area contributed by atoms with E-state index in [-0.39, 0.29) is 5.01 Å². The van der Waals surface area contributed by atoms with E-state index in [1.807, 2.05) is 6.92 Å². The average molecular weight is 153 g/mol. The summed E-state index contributed by atoms with van der Waals surface area (Å²) >= 11 is 2.99. The van der Waals surface area contributed by atoms with E-state index in [0.717, 1.165) is 12.8 Å². The van der Waals surface area contributed by atoms with Crippen LogP contribution < -0.4 is 0 Å². The van der Waals surface area contributed by atoms with Gasteiger partial charge in [0.25, 0.3) is 0 Å². The van der Waals surface area contributed by atoms with Gasteiger partial charge >= 0.3 is 0 Å². The van der Waals surface area contributed by atoms with Gasteiger partial charge in [-0.25, -0.2) is 0 Å². The van der Waals surface area contributed by atoms with E-state index in [0.29, 0.717) is 0 Å². The van der Waals surface area contributed by atoms with Crippen LogP contribution in [0, 0.1) is 0 Å². The molecule has 6 heavy (non-hydrogen) atoms. The highest BCUT2D eigenvalue weighted by Gasteiger charge is 1.89. The lowest BCUT2D eigenvalue weighted by Crippen LogP contribution is -1.90. The summed E-state index contributed by atoms with van der Waals surface area (Å²) in [5.41, 5.74) is 0. The second-order valence-electron chi connectivity index (χ2n) is 1.22. The van der Waals surface area contributed by atoms with Crippen molar-refractivity contribution < 1.29 is 5.11 Å². The molecule has 0 aliphatic heterocycles. The molecule has 0 bridgehead atoms. The standard InChI is InChI=1S/C4H9BrO/c1-2-3-4(5)6/h4,6H,2-3H2,1H3/t4-/m0/s1. The maximum atomic E-state index is 8.47. The lowest BCUT2D eigenvalue weighted by Gasteiger charge is -1.93. The SMILES string of the molecule is CCC[C@H](O)Br. The van der Waals surface area contributed by atoms with Crippen molar-refractivity contribution in [2.75, 3.05) is 0 Å². The zero-order chi connectivity index (χ0) is 4.99. The van der Waals surface area contributed by atoms with E-state index in [1.54, 1.807) is 0 Å². The van der Waals surface area contributed by atoms with Gasteiger partial charge in [0, 0.05) is 0 Å². The molecule has 0 spiro atoms. The van der Waals surface area contributed by atoms with Gasteiger partial charge in [-0.3, -0.25) is 0 Å². The van der Waals surface area contributed by atoms with Crippen LogP contribution in [-0.4, -0.2) is 10.1 Å². The minimum atomic E-state index is -0.289. The average Bonchev–Trinajstić information content (AvgIpc) is 1.35. The molecule has 0 aromatic rings. The molecule has 0 aromatic heterocycles. The first-order chi connectivity index (χ1) is 2.77. The fourth-order valence-corrected chi connectivity index (χ4v) is 0.696. The largest absolute Gasteiger partial charge is 0.382 e. The number of rotatable bonds is 2. The predicted octanol–water partition coefficient (Wildman–Crippen LogP) is 1.50. The van der Waals surface area contributed by atoms with Crippen molar-refractivity contribution in [1.29, 1.82) is 0 Å². The zero-order valence-electron chi connectivity index (χ0n) is 3.82. The molecule has 38 valence electrons. The number of hydrogen-bond donors (Lipinski definition) is 1. The molecular formula is C4H9BrO. The van der Waals surface area contributed by atoms with Gasteiger partial charge in [-0.15, -0.1) is 0 Å². The van der Waals surface area contributed by atoms with Crippen molar-refractivity contribution in [3.8, 4) is 0 Å². The third-order valence-electron chi connectivity index (χ3n) is 0.527. The topological polar surface area (TPSA) is 20.2 Å². The van der Waals surface area contributed by atoms with Gasteiger partial charge in [0.1, 0.15) is 5.01 Å². The molecule has 0 saturated carbocycles. The van der Waals surface area contributed by atoms with Crippen molar-refractivity contribution in [2.24, 2.45) is 0 Å². The Hall–Kier alpha value is 0.440. The van der Waals surface area contributed by atoms with Crippen LogP contribution in [0.2, 0.25) is 0 Å². The number of alkyl halides is 1. The molecule has 0 radical (unpaired) electrons. The maximum absolute atomic E-state index is 8.47. The minimum Gasteiger partial charge on any atom is -0.382 e. The highest BCUT2D eigenvalue weighted by Crippen LogP contribution is 2.01. The van der Waals surface area contributed by atoms with Crippen LogP contribution in [0.25, 0.3) is 0 Å². The Labute approximate surface area is 46.5 Å². The van der Waals surface area contributed by atoms with Crippen LogP contribution in [0.1, 0.15) is 19.8 Å². The highest BCUT2D eigenvalue weighted by molar-refractivity contribution is 9.09. The second kappa shape index (κ2) is 3.62. The maximum Gasteiger partial charge on any atom is 0.109 e. The van der Waals surface area contributed by atoms with Crippen molar-refractivity contribution in [1.82, 2.24) is 0 Å². The quantitative estimate of drug-likeness (QED) is 0.596. The molecule has 0 aliphatic carbocycles. The molecule has 0 aromatic carbocycles. The van der Waals surface area contributed by atoms with Crippen LogP contribution in [0.5, 0.6) is 0 Å². The third kappa shape index (κ3) is 4.44. The summed E-state index contributed by atoms with van der Waals surface area (Å²) in [6.45, 7) is 2.03. The summed E-state index contributed by atoms with van der Waals surface area (Å²) in [4.78, 5) is 0. The Morgan fingerprint density at radius 2 is 2.33 bits per heavy atom. The Balaban J connectivity index is 2.63. The molecule has 0 amide bonds. The summed E-state index contributed by atoms with van der Waals surface area (Å²) in [5.74, 6) is 0. The Morgan fingerprint density at radius 3 is 2.33 bits per heavy atom. The molecule has 0 saturated heterocycles. The normalized spacial score (nSPS) is 14.5. The molecular weight excluding hydrogens is 144 g/mol. The Kier molecular flexibility index (Phi) is 3.89.